The van der Waals surface area contributed by atoms with Gasteiger partial charge in [-0.3, -0.25) is 95.9 Å². The number of rotatable bonds is 49. The van der Waals surface area contributed by atoms with Gasteiger partial charge in [-0.2, -0.15) is 25.3 Å². The first-order valence-electron chi connectivity index (χ1n) is 26.9. The molecule has 0 aromatic rings. The maximum absolute atomic E-state index is 13.5. The summed E-state index contributed by atoms with van der Waals surface area (Å²) in [5, 5.41) is 135. The molecule has 0 aromatic heterocycles. The van der Waals surface area contributed by atoms with E-state index >= 15 is 0 Å². The Morgan fingerprint density at radius 2 is 0.312 bits per heavy atom. The lowest BCUT2D eigenvalue weighted by atomic mass is 10.1. The summed E-state index contributed by atoms with van der Waals surface area (Å²) < 4.78 is 0. The van der Waals surface area contributed by atoms with Gasteiger partial charge in [-0.1, -0.05) is 0 Å². The Hall–Kier alpha value is -11.0. The third-order valence-corrected chi connectivity index (χ3v) is 12.7. The lowest BCUT2D eigenvalue weighted by molar-refractivity contribution is -0.148. The number of hydrogen-bond donors (Lipinski definition) is 26. The summed E-state index contributed by atoms with van der Waals surface area (Å²) >= 11 is 8.04. The average molecular weight is 1420 g/mol. The minimum Gasteiger partial charge on any atom is -0.481 e. The molecule has 0 aliphatic heterocycles. The highest BCUT2D eigenvalue weighted by Gasteiger charge is 2.39. The summed E-state index contributed by atoms with van der Waals surface area (Å²) in [5.41, 5.74) is 0. The van der Waals surface area contributed by atoms with Gasteiger partial charge >= 0.3 is 71.6 Å². The van der Waals surface area contributed by atoms with Crippen molar-refractivity contribution >= 4 is 156 Å². The second-order valence-electron chi connectivity index (χ2n) is 19.6. The van der Waals surface area contributed by atoms with Gasteiger partial charge in [-0.25, -0.2) is 9.59 Å². The Labute approximate surface area is 546 Å². The smallest absolute Gasteiger partial charge is 0.326 e. The molecule has 0 rings (SSSR count). The lowest BCUT2D eigenvalue weighted by Gasteiger charge is -2.26. The molecule has 12 atom stereocenters. The number of carbonyl (C=O) groups is 22. The zero-order chi connectivity index (χ0) is 74.0. The average Bonchev–Trinajstić information content (AvgIpc) is 0.896. The van der Waals surface area contributed by atoms with Gasteiger partial charge in [-0.15, -0.1) is 0 Å². The third-order valence-electron chi connectivity index (χ3n) is 12.0. The molecule has 10 amide bonds. The number of hydrogen-bond acceptors (Lipinski definition) is 26. The predicted molar refractivity (Wildman–Crippen MR) is 308 cm³/mol. The van der Waals surface area contributed by atoms with E-state index in [0.29, 0.717) is 0 Å². The molecular weight excluding hydrogens is 1350 g/mol. The first-order valence-corrected chi connectivity index (χ1v) is 28.1. The van der Waals surface area contributed by atoms with Crippen LogP contribution in [0.4, 0.5) is 0 Å². The van der Waals surface area contributed by atoms with Crippen molar-refractivity contribution in [2.24, 2.45) is 0 Å². The summed E-state index contributed by atoms with van der Waals surface area (Å²) in [6.45, 7) is -0.769. The van der Waals surface area contributed by atoms with Crippen LogP contribution in [0.15, 0.2) is 0 Å². The number of thiol groups is 2. The zero-order valence-corrected chi connectivity index (χ0v) is 50.9. The number of aliphatic carboxylic acids is 12. The molecule has 0 spiro atoms. The van der Waals surface area contributed by atoms with Crippen LogP contribution >= 0.6 is 25.3 Å². The molecule has 0 heterocycles. The fourth-order valence-electron chi connectivity index (χ4n) is 7.52. The van der Waals surface area contributed by atoms with Crippen molar-refractivity contribution in [3.8, 4) is 0 Å². The molecule has 48 heteroatoms. The number of nitrogens with one attached hydrogen (secondary N) is 12. The van der Waals surface area contributed by atoms with Gasteiger partial charge in [0.2, 0.25) is 59.1 Å². The first kappa shape index (κ1) is 85.0. The summed E-state index contributed by atoms with van der Waals surface area (Å²) in [7, 11) is 0. The quantitative estimate of drug-likeness (QED) is 0.0199. The highest BCUT2D eigenvalue weighted by atomic mass is 32.1. The van der Waals surface area contributed by atoms with Crippen molar-refractivity contribution < 1.29 is 167 Å². The first-order chi connectivity index (χ1) is 44.5. The van der Waals surface area contributed by atoms with Crippen LogP contribution in [-0.4, -0.2) is 289 Å². The Morgan fingerprint density at radius 1 is 0.198 bits per heavy atom. The van der Waals surface area contributed by atoms with E-state index in [9.17, 15) is 157 Å². The Kier molecular flexibility index (Phi) is 37.4. The molecule has 534 valence electrons. The summed E-state index contributed by atoms with van der Waals surface area (Å²) in [6.07, 6.45) is -13.6. The van der Waals surface area contributed by atoms with E-state index in [1.165, 1.54) is 0 Å². The zero-order valence-electron chi connectivity index (χ0n) is 49.1. The molecular formula is C48H66N12O34S2. The van der Waals surface area contributed by atoms with Crippen LogP contribution in [-0.2, 0) is 105 Å². The number of carboxylic acid groups (broad SMARTS) is 12. The summed E-state index contributed by atoms with van der Waals surface area (Å²) in [5.74, 6) is -39.0. The molecule has 0 saturated heterocycles. The summed E-state index contributed by atoms with van der Waals surface area (Å²) in [4.78, 5) is 272. The van der Waals surface area contributed by atoms with E-state index in [4.69, 9.17) is 10.2 Å². The van der Waals surface area contributed by atoms with Gasteiger partial charge in [0.25, 0.3) is 0 Å². The Morgan fingerprint density at radius 3 is 0.427 bits per heavy atom. The van der Waals surface area contributed by atoms with E-state index in [2.05, 4.69) is 35.9 Å². The number of carbonyl (C=O) groups excluding carboxylic acids is 10. The van der Waals surface area contributed by atoms with Crippen molar-refractivity contribution in [3.05, 3.63) is 0 Å². The monoisotopic (exact) mass is 1420 g/mol. The molecule has 0 aliphatic carbocycles. The second-order valence-corrected chi connectivity index (χ2v) is 20.4. The van der Waals surface area contributed by atoms with Gasteiger partial charge < -0.3 is 125 Å². The lowest BCUT2D eigenvalue weighted by Crippen LogP contribution is -2.60. The Balaban J connectivity index is 6.41. The number of carboxylic acids is 12. The van der Waals surface area contributed by atoms with E-state index in [-0.39, 0.29) is 13.1 Å². The molecule has 0 fully saturated rings. The van der Waals surface area contributed by atoms with Gasteiger partial charge in [-0.05, 0) is 0 Å². The highest BCUT2D eigenvalue weighted by Crippen LogP contribution is 2.08. The SMILES string of the molecule is O=C(O)C[C@@H](NC(=O)[C@@H](CC(=O)O)NC(=O)[C@@H](CC(=O)O)NC(=O)[C@@H](CC(=O)O)NC(=O)[C@@H](CC(=O)O)NC(=O)[C@H](CS)NCCN[C@H](CS)C(=O)N[C@H](CC(=O)O)C(=O)N[C@H](CC(=O)O)C(=O)N[C@H](CC(=O)O)C(=O)N[C@H](CC(=O)O)C(=O)N[C@H](CC(=O)O)C(=O)O)C(=O)O. The molecule has 96 heavy (non-hydrogen) atoms. The minimum atomic E-state index is -2.38. The van der Waals surface area contributed by atoms with Crippen LogP contribution in [0.3, 0.4) is 0 Å². The number of amides is 10. The summed E-state index contributed by atoms with van der Waals surface area (Å²) in [6, 6.07) is -26.0. The molecule has 24 N–H and O–H groups in total. The highest BCUT2D eigenvalue weighted by molar-refractivity contribution is 7.80. The van der Waals surface area contributed by atoms with E-state index in [0.717, 1.165) is 0 Å². The standard InChI is InChI=1S/C48H66N12O34S2/c61-27(62)3-15(37(81)51-17(5-29(65)66)39(83)55-21(9-33(73)74)43(87)59-23(47(91)92)11-35(77)78)53-41(85)19(7-31(69)70)57-45(89)25(13-95)49-1-2-50-26(14-96)46(90)58-20(8-32(71)72)42(86)54-16(4-28(63)64)38(82)52-18(6-30(67)68)40(84)56-22(10-34(75)76)44(88)60-24(48(93)94)12-36(79)80/h15-26,49-50,95-96H,1-14H2,(H,51,81)(H,52,82)(H,53,85)(H,54,86)(H,55,83)(H,56,84)(H,57,89)(H,58,90)(H,59,87)(H,60,88)(H,61,62)(H,63,64)(H,65,66)(H,67,68)(H,69,70)(H,71,72)(H,73,74)(H,75,76)(H,77,78)(H,79,80)(H,91,92)(H,93,94)/t15-,16-,17-,18-,19-,20-,21-,22-,23-,24-,25-,26+/m1/s1. The van der Waals surface area contributed by atoms with Crippen LogP contribution in [0.2, 0.25) is 0 Å². The molecule has 0 aliphatic rings. The molecule has 0 bridgehead atoms. The third kappa shape index (κ3) is 34.0. The van der Waals surface area contributed by atoms with E-state index < -0.39 is 279 Å². The van der Waals surface area contributed by atoms with Crippen LogP contribution in [0.25, 0.3) is 0 Å². The minimum absolute atomic E-state index is 0.384. The maximum atomic E-state index is 13.5. The van der Waals surface area contributed by atoms with Crippen molar-refractivity contribution in [1.29, 1.82) is 0 Å². The van der Waals surface area contributed by atoms with Gasteiger partial charge in [0.05, 0.1) is 76.3 Å². The van der Waals surface area contributed by atoms with Crippen LogP contribution < -0.4 is 63.8 Å². The van der Waals surface area contributed by atoms with Gasteiger partial charge in [0.15, 0.2) is 0 Å². The van der Waals surface area contributed by atoms with Crippen molar-refractivity contribution in [2.45, 2.75) is 137 Å². The van der Waals surface area contributed by atoms with E-state index in [1.807, 2.05) is 21.3 Å². The molecule has 0 saturated carbocycles. The molecule has 0 unspecified atom stereocenters. The topological polar surface area (TPSA) is 763 Å². The molecule has 46 nitrogen and oxygen atoms in total. The van der Waals surface area contributed by atoms with Gasteiger partial charge in [0, 0.05) is 24.6 Å². The predicted octanol–water partition coefficient (Wildman–Crippen LogP) is -11.5. The maximum Gasteiger partial charge on any atom is 0.326 e. The fourth-order valence-corrected chi connectivity index (χ4v) is 8.11. The van der Waals surface area contributed by atoms with Crippen LogP contribution in [0.5, 0.6) is 0 Å². The van der Waals surface area contributed by atoms with Crippen LogP contribution in [0.1, 0.15) is 64.2 Å². The normalized spacial score (nSPS) is 14.5. The van der Waals surface area contributed by atoms with Crippen molar-refractivity contribution in [1.82, 2.24) is 63.8 Å². The van der Waals surface area contributed by atoms with Crippen LogP contribution in [0, 0.1) is 0 Å². The van der Waals surface area contributed by atoms with Gasteiger partial charge in [0.1, 0.15) is 60.4 Å². The molecule has 0 aromatic carbocycles. The molecule has 0 radical (unpaired) electrons. The van der Waals surface area contributed by atoms with Crippen molar-refractivity contribution in [3.63, 3.8) is 0 Å². The second kappa shape index (κ2) is 42.2. The Bertz CT molecular complexity index is 2810. The van der Waals surface area contributed by atoms with E-state index in [1.54, 1.807) is 31.9 Å². The van der Waals surface area contributed by atoms with Crippen molar-refractivity contribution in [2.75, 3.05) is 24.6 Å². The fraction of sp³-hybridized carbons (Fsp3) is 0.542. The largest absolute Gasteiger partial charge is 0.481 e.